The molecule has 2 N–H and O–H groups in total. The normalized spacial score (nSPS) is 16.1. The summed E-state index contributed by atoms with van der Waals surface area (Å²) in [7, 11) is 0. The van der Waals surface area contributed by atoms with Crippen LogP contribution in [0.15, 0.2) is 18.2 Å². The first kappa shape index (κ1) is 11.8. The SMILES string of the molecule is Cc1ccc(N2CCN(C(N)=O)CC2)c(C)c1. The number of amides is 2. The number of nitrogens with two attached hydrogens (primary N) is 1. The number of carbonyl (C=O) groups excluding carboxylic acids is 1. The van der Waals surface area contributed by atoms with Gasteiger partial charge >= 0.3 is 6.03 Å². The van der Waals surface area contributed by atoms with Crippen LogP contribution < -0.4 is 10.6 Å². The Kier molecular flexibility index (Phi) is 3.22. The number of benzene rings is 1. The largest absolute Gasteiger partial charge is 0.368 e. The van der Waals surface area contributed by atoms with Crippen molar-refractivity contribution < 1.29 is 4.79 Å². The Labute approximate surface area is 102 Å². The van der Waals surface area contributed by atoms with E-state index >= 15 is 0 Å². The molecule has 4 heteroatoms. The van der Waals surface area contributed by atoms with Crippen molar-refractivity contribution in [3.63, 3.8) is 0 Å². The predicted molar refractivity (Wildman–Crippen MR) is 69.3 cm³/mol. The van der Waals surface area contributed by atoms with Crippen molar-refractivity contribution in [1.82, 2.24) is 4.90 Å². The summed E-state index contributed by atoms with van der Waals surface area (Å²) in [6, 6.07) is 6.16. The average molecular weight is 233 g/mol. The van der Waals surface area contributed by atoms with Crippen LogP contribution in [-0.2, 0) is 0 Å². The van der Waals surface area contributed by atoms with Crippen molar-refractivity contribution in [2.24, 2.45) is 5.73 Å². The lowest BCUT2D eigenvalue weighted by Gasteiger charge is -2.36. The van der Waals surface area contributed by atoms with Crippen molar-refractivity contribution in [3.8, 4) is 0 Å². The Balaban J connectivity index is 2.08. The third-order valence-electron chi connectivity index (χ3n) is 3.28. The number of primary amides is 1. The summed E-state index contributed by atoms with van der Waals surface area (Å²) in [4.78, 5) is 15.0. The van der Waals surface area contributed by atoms with Crippen molar-refractivity contribution in [3.05, 3.63) is 29.3 Å². The maximum atomic E-state index is 11.0. The van der Waals surface area contributed by atoms with Crippen LogP contribution in [0, 0.1) is 13.8 Å². The minimum Gasteiger partial charge on any atom is -0.368 e. The molecular weight excluding hydrogens is 214 g/mol. The van der Waals surface area contributed by atoms with E-state index in [1.54, 1.807) is 4.90 Å². The highest BCUT2D eigenvalue weighted by Gasteiger charge is 2.20. The van der Waals surface area contributed by atoms with E-state index in [4.69, 9.17) is 5.73 Å². The fourth-order valence-corrected chi connectivity index (χ4v) is 2.33. The molecule has 1 aromatic rings. The first-order valence-corrected chi connectivity index (χ1v) is 5.94. The summed E-state index contributed by atoms with van der Waals surface area (Å²) in [5, 5.41) is 0. The second-order valence-corrected chi connectivity index (χ2v) is 4.60. The minimum absolute atomic E-state index is 0.315. The van der Waals surface area contributed by atoms with Crippen LogP contribution >= 0.6 is 0 Å². The number of anilines is 1. The smallest absolute Gasteiger partial charge is 0.314 e. The molecule has 1 heterocycles. The van der Waals surface area contributed by atoms with Gasteiger partial charge in [0.15, 0.2) is 0 Å². The maximum Gasteiger partial charge on any atom is 0.314 e. The topological polar surface area (TPSA) is 49.6 Å². The van der Waals surface area contributed by atoms with Gasteiger partial charge in [-0.15, -0.1) is 0 Å². The van der Waals surface area contributed by atoms with Gasteiger partial charge in [0, 0.05) is 31.9 Å². The van der Waals surface area contributed by atoms with Crippen LogP contribution in [-0.4, -0.2) is 37.1 Å². The highest BCUT2D eigenvalue weighted by atomic mass is 16.2. The van der Waals surface area contributed by atoms with Crippen LogP contribution in [0.5, 0.6) is 0 Å². The van der Waals surface area contributed by atoms with E-state index in [1.165, 1.54) is 16.8 Å². The van der Waals surface area contributed by atoms with Crippen LogP contribution in [0.1, 0.15) is 11.1 Å². The molecule has 0 saturated carbocycles. The highest BCUT2D eigenvalue weighted by Crippen LogP contribution is 2.22. The minimum atomic E-state index is -0.315. The molecule has 0 aliphatic carbocycles. The number of carbonyl (C=O) groups is 1. The summed E-state index contributed by atoms with van der Waals surface area (Å²) in [5.74, 6) is 0. The lowest BCUT2D eigenvalue weighted by Crippen LogP contribution is -2.50. The predicted octanol–water partition coefficient (Wildman–Crippen LogP) is 1.50. The summed E-state index contributed by atoms with van der Waals surface area (Å²) < 4.78 is 0. The molecule has 1 saturated heterocycles. The molecule has 2 rings (SSSR count). The van der Waals surface area contributed by atoms with E-state index in [0.717, 1.165) is 13.1 Å². The molecule has 1 aromatic carbocycles. The fraction of sp³-hybridized carbons (Fsp3) is 0.462. The van der Waals surface area contributed by atoms with E-state index in [-0.39, 0.29) is 6.03 Å². The van der Waals surface area contributed by atoms with Gasteiger partial charge in [-0.1, -0.05) is 17.7 Å². The van der Waals surface area contributed by atoms with E-state index in [0.29, 0.717) is 13.1 Å². The van der Waals surface area contributed by atoms with Gasteiger partial charge in [0.05, 0.1) is 0 Å². The second kappa shape index (κ2) is 4.65. The van der Waals surface area contributed by atoms with Gasteiger partial charge in [-0.3, -0.25) is 0 Å². The summed E-state index contributed by atoms with van der Waals surface area (Å²) >= 11 is 0. The fourth-order valence-electron chi connectivity index (χ4n) is 2.33. The Bertz CT molecular complexity index is 423. The molecule has 17 heavy (non-hydrogen) atoms. The standard InChI is InChI=1S/C13H19N3O/c1-10-3-4-12(11(2)9-10)15-5-7-16(8-6-15)13(14)17/h3-4,9H,5-8H2,1-2H3,(H2,14,17). The van der Waals surface area contributed by atoms with E-state index in [2.05, 4.69) is 36.9 Å². The van der Waals surface area contributed by atoms with Crippen LogP contribution in [0.2, 0.25) is 0 Å². The molecule has 0 spiro atoms. The molecule has 1 aliphatic rings. The molecule has 2 amide bonds. The second-order valence-electron chi connectivity index (χ2n) is 4.60. The molecule has 92 valence electrons. The lowest BCUT2D eigenvalue weighted by atomic mass is 10.1. The van der Waals surface area contributed by atoms with Gasteiger partial charge < -0.3 is 15.5 Å². The molecule has 1 aliphatic heterocycles. The highest BCUT2D eigenvalue weighted by molar-refractivity contribution is 5.72. The quantitative estimate of drug-likeness (QED) is 0.799. The molecule has 1 fully saturated rings. The van der Waals surface area contributed by atoms with Crippen LogP contribution in [0.3, 0.4) is 0 Å². The van der Waals surface area contributed by atoms with Crippen molar-refractivity contribution in [1.29, 1.82) is 0 Å². The first-order valence-electron chi connectivity index (χ1n) is 5.94. The first-order chi connectivity index (χ1) is 8.08. The molecular formula is C13H19N3O. The monoisotopic (exact) mass is 233 g/mol. The number of hydrogen-bond acceptors (Lipinski definition) is 2. The molecule has 0 radical (unpaired) electrons. The van der Waals surface area contributed by atoms with Crippen LogP contribution in [0.25, 0.3) is 0 Å². The van der Waals surface area contributed by atoms with Gasteiger partial charge in [-0.25, -0.2) is 4.79 Å². The van der Waals surface area contributed by atoms with Gasteiger partial charge in [0.1, 0.15) is 0 Å². The van der Waals surface area contributed by atoms with E-state index < -0.39 is 0 Å². The summed E-state index contributed by atoms with van der Waals surface area (Å²) in [6.07, 6.45) is 0. The maximum absolute atomic E-state index is 11.0. The number of piperazine rings is 1. The van der Waals surface area contributed by atoms with E-state index in [9.17, 15) is 4.79 Å². The zero-order chi connectivity index (χ0) is 12.4. The van der Waals surface area contributed by atoms with Gasteiger partial charge in [-0.05, 0) is 25.5 Å². The van der Waals surface area contributed by atoms with Crippen molar-refractivity contribution >= 4 is 11.7 Å². The van der Waals surface area contributed by atoms with Gasteiger partial charge in [0.25, 0.3) is 0 Å². The number of hydrogen-bond donors (Lipinski definition) is 1. The number of urea groups is 1. The van der Waals surface area contributed by atoms with Gasteiger partial charge in [-0.2, -0.15) is 0 Å². The van der Waals surface area contributed by atoms with Gasteiger partial charge in [0.2, 0.25) is 0 Å². The zero-order valence-electron chi connectivity index (χ0n) is 10.4. The molecule has 0 atom stereocenters. The lowest BCUT2D eigenvalue weighted by molar-refractivity contribution is 0.204. The average Bonchev–Trinajstić information content (AvgIpc) is 2.29. The van der Waals surface area contributed by atoms with Crippen molar-refractivity contribution in [2.75, 3.05) is 31.1 Å². The summed E-state index contributed by atoms with van der Waals surface area (Å²) in [6.45, 7) is 7.36. The Morgan fingerprint density at radius 2 is 1.82 bits per heavy atom. The zero-order valence-corrected chi connectivity index (χ0v) is 10.4. The number of nitrogens with zero attached hydrogens (tertiary/aromatic N) is 2. The summed E-state index contributed by atoms with van der Waals surface area (Å²) in [5.41, 5.74) is 9.10. The Hall–Kier alpha value is -1.71. The third kappa shape index (κ3) is 2.52. The van der Waals surface area contributed by atoms with E-state index in [1.807, 2.05) is 0 Å². The van der Waals surface area contributed by atoms with Crippen molar-refractivity contribution in [2.45, 2.75) is 13.8 Å². The molecule has 4 nitrogen and oxygen atoms in total. The Morgan fingerprint density at radius 1 is 1.18 bits per heavy atom. The number of aryl methyl sites for hydroxylation is 2. The third-order valence-corrected chi connectivity index (χ3v) is 3.28. The molecule has 0 aromatic heterocycles. The number of rotatable bonds is 1. The molecule has 0 bridgehead atoms. The molecule has 0 unspecified atom stereocenters. The Morgan fingerprint density at radius 3 is 2.35 bits per heavy atom. The van der Waals surface area contributed by atoms with Crippen LogP contribution in [0.4, 0.5) is 10.5 Å².